The van der Waals surface area contributed by atoms with E-state index in [4.69, 9.17) is 21.1 Å². The largest absolute Gasteiger partial charge is 0.495 e. The Bertz CT molecular complexity index is 1200. The zero-order valence-electron chi connectivity index (χ0n) is 16.2. The van der Waals surface area contributed by atoms with Crippen LogP contribution in [0.2, 0.25) is 5.02 Å². The molecule has 1 aliphatic rings. The number of carbonyl (C=O) groups is 1. The predicted molar refractivity (Wildman–Crippen MR) is 110 cm³/mol. The third-order valence-electron chi connectivity index (χ3n) is 4.90. The lowest BCUT2D eigenvalue weighted by atomic mass is 9.99. The lowest BCUT2D eigenvalue weighted by Gasteiger charge is -2.23. The molecule has 0 saturated heterocycles. The highest BCUT2D eigenvalue weighted by Gasteiger charge is 2.43. The fourth-order valence-electron chi connectivity index (χ4n) is 3.59. The quantitative estimate of drug-likeness (QED) is 0.488. The number of carboxylic acids is 1. The molecule has 0 amide bonds. The molecule has 7 nitrogen and oxygen atoms in total. The Balaban J connectivity index is 2.03. The van der Waals surface area contributed by atoms with Crippen LogP contribution in [-0.4, -0.2) is 33.0 Å². The monoisotopic (exact) mass is 531 g/mol. The summed E-state index contributed by atoms with van der Waals surface area (Å²) in [4.78, 5) is 11.5. The minimum absolute atomic E-state index is 0.0947. The highest BCUT2D eigenvalue weighted by Crippen LogP contribution is 2.46. The fourth-order valence-corrected chi connectivity index (χ4v) is 4.27. The molecule has 2 atom stereocenters. The number of aliphatic carboxylic acids is 1. The summed E-state index contributed by atoms with van der Waals surface area (Å²) in [6.45, 7) is 0. The van der Waals surface area contributed by atoms with Crippen molar-refractivity contribution in [3.8, 4) is 11.4 Å². The van der Waals surface area contributed by atoms with Gasteiger partial charge in [0.1, 0.15) is 18.0 Å². The van der Waals surface area contributed by atoms with E-state index in [9.17, 15) is 23.1 Å². The van der Waals surface area contributed by atoms with Crippen molar-refractivity contribution in [2.24, 2.45) is 0 Å². The Kier molecular flexibility index (Phi) is 5.91. The number of carboxylic acid groups (broad SMARTS) is 1. The molecule has 0 saturated carbocycles. The Morgan fingerprint density at radius 1 is 1.28 bits per heavy atom. The SMILES string of the molecule is COc1cccc([C@H]2O[C@H](CC(=O)O)c3nnc(C(F)(F)F)n3-c3ccc(Br)cc32)c1Cl. The second-order valence-corrected chi connectivity index (χ2v) is 8.18. The Morgan fingerprint density at radius 2 is 2.03 bits per heavy atom. The number of alkyl halides is 3. The number of rotatable bonds is 4. The van der Waals surface area contributed by atoms with Crippen molar-refractivity contribution >= 4 is 33.5 Å². The van der Waals surface area contributed by atoms with Crippen LogP contribution in [0, 0.1) is 0 Å². The molecule has 0 fully saturated rings. The van der Waals surface area contributed by atoms with E-state index in [0.29, 0.717) is 21.3 Å². The second-order valence-electron chi connectivity index (χ2n) is 6.88. The molecular formula is C20H14BrClF3N3O4. The van der Waals surface area contributed by atoms with E-state index in [2.05, 4.69) is 26.1 Å². The summed E-state index contributed by atoms with van der Waals surface area (Å²) in [7, 11) is 1.42. The summed E-state index contributed by atoms with van der Waals surface area (Å²) in [6, 6.07) is 9.51. The second kappa shape index (κ2) is 8.38. The first-order valence-electron chi connectivity index (χ1n) is 9.13. The molecule has 0 spiro atoms. The van der Waals surface area contributed by atoms with Crippen LogP contribution >= 0.6 is 27.5 Å². The highest BCUT2D eigenvalue weighted by atomic mass is 79.9. The van der Waals surface area contributed by atoms with Crippen molar-refractivity contribution in [3.63, 3.8) is 0 Å². The van der Waals surface area contributed by atoms with Gasteiger partial charge in [0.05, 0.1) is 24.2 Å². The molecule has 1 N–H and O–H groups in total. The van der Waals surface area contributed by atoms with E-state index in [1.807, 2.05) is 0 Å². The van der Waals surface area contributed by atoms with Crippen LogP contribution in [0.1, 0.15) is 41.4 Å². The first-order chi connectivity index (χ1) is 15.1. The van der Waals surface area contributed by atoms with Gasteiger partial charge >= 0.3 is 12.1 Å². The molecule has 0 aliphatic carbocycles. The molecule has 0 radical (unpaired) electrons. The Labute approximate surface area is 192 Å². The molecule has 2 aromatic carbocycles. The van der Waals surface area contributed by atoms with Crippen LogP contribution < -0.4 is 4.74 Å². The third-order valence-corrected chi connectivity index (χ3v) is 5.80. The maximum atomic E-state index is 13.8. The molecule has 1 aromatic heterocycles. The van der Waals surface area contributed by atoms with E-state index in [0.717, 1.165) is 4.57 Å². The van der Waals surface area contributed by atoms with Crippen molar-refractivity contribution in [3.05, 3.63) is 68.7 Å². The maximum absolute atomic E-state index is 13.8. The maximum Gasteiger partial charge on any atom is 0.452 e. The predicted octanol–water partition coefficient (Wildman–Crippen LogP) is 5.35. The van der Waals surface area contributed by atoms with E-state index < -0.39 is 36.6 Å². The number of aromatic nitrogens is 3. The van der Waals surface area contributed by atoms with Gasteiger partial charge in [-0.2, -0.15) is 13.2 Å². The molecule has 1 aliphatic heterocycles. The highest BCUT2D eigenvalue weighted by molar-refractivity contribution is 9.10. The van der Waals surface area contributed by atoms with Crippen molar-refractivity contribution < 1.29 is 32.5 Å². The van der Waals surface area contributed by atoms with Crippen LogP contribution in [0.25, 0.3) is 5.69 Å². The number of halogens is 5. The fraction of sp³-hybridized carbons (Fsp3) is 0.250. The number of ether oxygens (including phenoxy) is 2. The van der Waals surface area contributed by atoms with Gasteiger partial charge in [-0.15, -0.1) is 10.2 Å². The van der Waals surface area contributed by atoms with Gasteiger partial charge in [0, 0.05) is 15.6 Å². The van der Waals surface area contributed by atoms with Gasteiger partial charge in [0.25, 0.3) is 0 Å². The van der Waals surface area contributed by atoms with Crippen LogP contribution in [-0.2, 0) is 15.7 Å². The van der Waals surface area contributed by atoms with Crippen molar-refractivity contribution in [2.45, 2.75) is 24.8 Å². The first-order valence-corrected chi connectivity index (χ1v) is 10.3. The van der Waals surface area contributed by atoms with Crippen molar-refractivity contribution in [2.75, 3.05) is 7.11 Å². The zero-order valence-corrected chi connectivity index (χ0v) is 18.6. The van der Waals surface area contributed by atoms with Gasteiger partial charge in [-0.1, -0.05) is 39.7 Å². The summed E-state index contributed by atoms with van der Waals surface area (Å²) in [5.74, 6) is -2.50. The molecule has 168 valence electrons. The van der Waals surface area contributed by atoms with Crippen LogP contribution in [0.5, 0.6) is 5.75 Å². The molecule has 32 heavy (non-hydrogen) atoms. The summed E-state index contributed by atoms with van der Waals surface area (Å²) >= 11 is 9.83. The van der Waals surface area contributed by atoms with E-state index in [1.165, 1.54) is 13.2 Å². The summed E-state index contributed by atoms with van der Waals surface area (Å²) < 4.78 is 54.0. The third kappa shape index (κ3) is 3.96. The van der Waals surface area contributed by atoms with Crippen molar-refractivity contribution in [1.29, 1.82) is 0 Å². The number of nitrogens with zero attached hydrogens (tertiary/aromatic N) is 3. The van der Waals surface area contributed by atoms with E-state index in [1.54, 1.807) is 30.3 Å². The summed E-state index contributed by atoms with van der Waals surface area (Å²) in [6.07, 6.45) is -7.83. The number of methoxy groups -OCH3 is 1. The summed E-state index contributed by atoms with van der Waals surface area (Å²) in [5.41, 5.74) is 0.805. The molecule has 0 bridgehead atoms. The van der Waals surface area contributed by atoms with Crippen LogP contribution in [0.4, 0.5) is 13.2 Å². The smallest absolute Gasteiger partial charge is 0.452 e. The lowest BCUT2D eigenvalue weighted by Crippen LogP contribution is -2.17. The number of benzene rings is 2. The minimum atomic E-state index is -4.84. The summed E-state index contributed by atoms with van der Waals surface area (Å²) in [5, 5.41) is 16.5. The van der Waals surface area contributed by atoms with Gasteiger partial charge < -0.3 is 14.6 Å². The van der Waals surface area contributed by atoms with Gasteiger partial charge in [-0.05, 0) is 24.3 Å². The van der Waals surface area contributed by atoms with Crippen LogP contribution in [0.15, 0.2) is 40.9 Å². The average Bonchev–Trinajstić information content (AvgIpc) is 3.12. The van der Waals surface area contributed by atoms with Crippen molar-refractivity contribution in [1.82, 2.24) is 14.8 Å². The number of fused-ring (bicyclic) bond motifs is 3. The molecule has 2 heterocycles. The minimum Gasteiger partial charge on any atom is -0.495 e. The first kappa shape index (κ1) is 22.6. The average molecular weight is 533 g/mol. The van der Waals surface area contributed by atoms with Gasteiger partial charge in [-0.25, -0.2) is 0 Å². The molecule has 4 rings (SSSR count). The normalized spacial score (nSPS) is 17.9. The van der Waals surface area contributed by atoms with Crippen LogP contribution in [0.3, 0.4) is 0 Å². The van der Waals surface area contributed by atoms with E-state index >= 15 is 0 Å². The van der Waals surface area contributed by atoms with Gasteiger partial charge in [-0.3, -0.25) is 9.36 Å². The number of hydrogen-bond donors (Lipinski definition) is 1. The molecule has 3 aromatic rings. The van der Waals surface area contributed by atoms with Gasteiger partial charge in [0.15, 0.2) is 5.82 Å². The van der Waals surface area contributed by atoms with E-state index in [-0.39, 0.29) is 16.5 Å². The number of hydrogen-bond acceptors (Lipinski definition) is 5. The molecule has 0 unspecified atom stereocenters. The Morgan fingerprint density at radius 3 is 2.69 bits per heavy atom. The lowest BCUT2D eigenvalue weighted by molar-refractivity contribution is -0.146. The molecule has 12 heteroatoms. The topological polar surface area (TPSA) is 86.5 Å². The Hall–Kier alpha value is -2.63. The molecular weight excluding hydrogens is 519 g/mol. The van der Waals surface area contributed by atoms with Gasteiger partial charge in [0.2, 0.25) is 5.82 Å². The zero-order chi connectivity index (χ0) is 23.2. The standard InChI is InChI=1S/C20H14BrClF3N3O4/c1-31-13-4-2-3-10(16(13)22)17-11-7-9(21)5-6-12(11)28-18(14(32-17)8-15(29)30)26-27-19(28)20(23,24)25/h2-7,14,17H,8H2,1H3,(H,29,30)/t14-,17-/m1/s1.